The molecule has 2 heterocycles. The van der Waals surface area contributed by atoms with Crippen molar-refractivity contribution >= 4 is 33.2 Å². The lowest BCUT2D eigenvalue weighted by atomic mass is 10.4. The number of thiophene rings is 1. The quantitative estimate of drug-likeness (QED) is 0.892. The molecule has 0 radical (unpaired) electrons. The molecule has 0 saturated carbocycles. The molecule has 19 heavy (non-hydrogen) atoms. The second-order valence-corrected chi connectivity index (χ2v) is 6.68. The van der Waals surface area contributed by atoms with Gasteiger partial charge in [-0.3, -0.25) is 0 Å². The lowest BCUT2D eigenvalue weighted by Gasteiger charge is -2.02. The van der Waals surface area contributed by atoms with Gasteiger partial charge in [0.15, 0.2) is 0 Å². The first kappa shape index (κ1) is 13.6. The molecule has 2 aromatic rings. The van der Waals surface area contributed by atoms with Crippen LogP contribution in [0.2, 0.25) is 0 Å². The molecule has 2 rings (SSSR count). The zero-order valence-corrected chi connectivity index (χ0v) is 11.6. The maximum atomic E-state index is 12.1. The maximum absolute atomic E-state index is 12.1. The fourth-order valence-corrected chi connectivity index (χ4v) is 3.84. The normalized spacial score (nSPS) is 11.5. The molecule has 0 aliphatic rings. The number of rotatable bonds is 4. The zero-order chi connectivity index (χ0) is 14.2. The van der Waals surface area contributed by atoms with Gasteiger partial charge in [0.1, 0.15) is 9.77 Å². The summed E-state index contributed by atoms with van der Waals surface area (Å²) in [5.74, 6) is -1.18. The topological polar surface area (TPSA) is 110 Å². The SMILES string of the molecule is Cc1cc(NS(=O)(=O)c2cc(C(=O)O)sc2C)on1. The molecule has 0 aliphatic carbocycles. The molecular weight excluding hydrogens is 292 g/mol. The molecule has 0 amide bonds. The summed E-state index contributed by atoms with van der Waals surface area (Å²) in [6.45, 7) is 3.19. The van der Waals surface area contributed by atoms with Gasteiger partial charge in [-0.05, 0) is 19.9 Å². The zero-order valence-electron chi connectivity index (χ0n) is 10.00. The summed E-state index contributed by atoms with van der Waals surface area (Å²) in [5, 5.41) is 12.4. The molecule has 0 unspecified atom stereocenters. The Balaban J connectivity index is 2.37. The van der Waals surface area contributed by atoms with E-state index in [4.69, 9.17) is 9.63 Å². The Morgan fingerprint density at radius 2 is 2.11 bits per heavy atom. The molecule has 7 nitrogen and oxygen atoms in total. The molecule has 0 aromatic carbocycles. The van der Waals surface area contributed by atoms with Crippen molar-refractivity contribution in [3.8, 4) is 0 Å². The number of aryl methyl sites for hydroxylation is 2. The van der Waals surface area contributed by atoms with Crippen molar-refractivity contribution in [3.63, 3.8) is 0 Å². The number of carboxylic acids is 1. The van der Waals surface area contributed by atoms with Crippen molar-refractivity contribution in [2.24, 2.45) is 0 Å². The monoisotopic (exact) mass is 302 g/mol. The predicted octanol–water partition coefficient (Wildman–Crippen LogP) is 1.85. The van der Waals surface area contributed by atoms with Crippen molar-refractivity contribution < 1.29 is 22.8 Å². The van der Waals surface area contributed by atoms with Gasteiger partial charge in [0.05, 0.1) is 5.69 Å². The second kappa shape index (κ2) is 4.67. The summed E-state index contributed by atoms with van der Waals surface area (Å²) in [6.07, 6.45) is 0. The average Bonchev–Trinajstić information content (AvgIpc) is 2.85. The number of nitrogens with zero attached hydrogens (tertiary/aromatic N) is 1. The Morgan fingerprint density at radius 1 is 1.42 bits per heavy atom. The first-order valence-electron chi connectivity index (χ1n) is 5.09. The van der Waals surface area contributed by atoms with Crippen molar-refractivity contribution in [1.29, 1.82) is 0 Å². The van der Waals surface area contributed by atoms with E-state index in [2.05, 4.69) is 9.88 Å². The van der Waals surface area contributed by atoms with Gasteiger partial charge in [-0.15, -0.1) is 11.3 Å². The van der Waals surface area contributed by atoms with Crippen LogP contribution in [-0.4, -0.2) is 24.7 Å². The van der Waals surface area contributed by atoms with E-state index in [-0.39, 0.29) is 15.7 Å². The van der Waals surface area contributed by atoms with Crippen LogP contribution in [0.15, 0.2) is 21.6 Å². The Hall–Kier alpha value is -1.87. The van der Waals surface area contributed by atoms with Crippen molar-refractivity contribution in [1.82, 2.24) is 5.16 Å². The third-order valence-corrected chi connectivity index (χ3v) is 4.88. The minimum atomic E-state index is -3.88. The second-order valence-electron chi connectivity index (χ2n) is 3.77. The van der Waals surface area contributed by atoms with Crippen molar-refractivity contribution in [2.45, 2.75) is 18.7 Å². The minimum Gasteiger partial charge on any atom is -0.477 e. The number of carboxylic acid groups (broad SMARTS) is 1. The molecule has 2 aromatic heterocycles. The molecular formula is C10H10N2O5S2. The van der Waals surface area contributed by atoms with Gasteiger partial charge >= 0.3 is 5.97 Å². The Morgan fingerprint density at radius 3 is 2.58 bits per heavy atom. The van der Waals surface area contributed by atoms with Crippen molar-refractivity contribution in [3.05, 3.63) is 27.6 Å². The largest absolute Gasteiger partial charge is 0.477 e. The summed E-state index contributed by atoms with van der Waals surface area (Å²) < 4.78 is 31.1. The summed E-state index contributed by atoms with van der Waals surface area (Å²) in [5.41, 5.74) is 0.533. The van der Waals surface area contributed by atoms with E-state index in [1.807, 2.05) is 0 Å². The first-order valence-corrected chi connectivity index (χ1v) is 7.39. The van der Waals surface area contributed by atoms with E-state index >= 15 is 0 Å². The number of anilines is 1. The highest BCUT2D eigenvalue weighted by Gasteiger charge is 2.23. The van der Waals surface area contributed by atoms with Crippen molar-refractivity contribution in [2.75, 3.05) is 4.72 Å². The molecule has 9 heteroatoms. The highest BCUT2D eigenvalue weighted by atomic mass is 32.2. The molecule has 0 spiro atoms. The first-order chi connectivity index (χ1) is 8.79. The van der Waals surface area contributed by atoms with Gasteiger partial charge in [-0.2, -0.15) is 0 Å². The number of nitrogens with one attached hydrogen (secondary N) is 1. The van der Waals surface area contributed by atoms with Gasteiger partial charge < -0.3 is 9.63 Å². The third-order valence-electron chi connectivity index (χ3n) is 2.24. The Bertz CT molecular complexity index is 729. The number of aromatic nitrogens is 1. The fraction of sp³-hybridized carbons (Fsp3) is 0.200. The van der Waals surface area contributed by atoms with Gasteiger partial charge in [-0.25, -0.2) is 17.9 Å². The van der Waals surface area contributed by atoms with Gasteiger partial charge in [0, 0.05) is 10.9 Å². The highest BCUT2D eigenvalue weighted by Crippen LogP contribution is 2.27. The molecule has 0 fully saturated rings. The minimum absolute atomic E-state index is 0.0139. The smallest absolute Gasteiger partial charge is 0.345 e. The predicted molar refractivity (Wildman–Crippen MR) is 68.1 cm³/mol. The van der Waals surface area contributed by atoms with Crippen LogP contribution in [0.4, 0.5) is 5.88 Å². The number of carbonyl (C=O) groups is 1. The lowest BCUT2D eigenvalue weighted by Crippen LogP contribution is -2.12. The summed E-state index contributed by atoms with van der Waals surface area (Å²) >= 11 is 0.900. The third kappa shape index (κ3) is 2.76. The van der Waals surface area contributed by atoms with Crippen LogP contribution in [-0.2, 0) is 10.0 Å². The van der Waals surface area contributed by atoms with Crippen LogP contribution < -0.4 is 4.72 Å². The van der Waals surface area contributed by atoms with E-state index in [1.165, 1.54) is 13.0 Å². The van der Waals surface area contributed by atoms with Gasteiger partial charge in [0.2, 0.25) is 5.88 Å². The number of sulfonamides is 1. The summed E-state index contributed by atoms with van der Waals surface area (Å²) in [7, 11) is -3.88. The van der Waals surface area contributed by atoms with E-state index in [1.54, 1.807) is 6.92 Å². The van der Waals surface area contributed by atoms with Gasteiger partial charge in [-0.1, -0.05) is 5.16 Å². The van der Waals surface area contributed by atoms with Gasteiger partial charge in [0.25, 0.3) is 10.0 Å². The summed E-state index contributed by atoms with van der Waals surface area (Å²) in [4.78, 5) is 11.1. The van der Waals surface area contributed by atoms with Crippen LogP contribution >= 0.6 is 11.3 Å². The lowest BCUT2D eigenvalue weighted by molar-refractivity contribution is 0.0702. The molecule has 0 saturated heterocycles. The fourth-order valence-electron chi connectivity index (χ4n) is 1.44. The van der Waals surface area contributed by atoms with E-state index < -0.39 is 16.0 Å². The van der Waals surface area contributed by atoms with Crippen LogP contribution in [0.25, 0.3) is 0 Å². The number of hydrogen-bond acceptors (Lipinski definition) is 6. The Labute approximate surface area is 112 Å². The summed E-state index contributed by atoms with van der Waals surface area (Å²) in [6, 6.07) is 2.55. The van der Waals surface area contributed by atoms with E-state index in [0.29, 0.717) is 10.6 Å². The standard InChI is InChI=1S/C10H10N2O5S2/c1-5-3-9(17-11-5)12-19(15,16)8-4-7(10(13)14)18-6(8)2/h3-4,12H,1-2H3,(H,13,14). The molecule has 2 N–H and O–H groups in total. The van der Waals surface area contributed by atoms with Crippen LogP contribution in [0, 0.1) is 13.8 Å². The van der Waals surface area contributed by atoms with Crippen LogP contribution in [0.3, 0.4) is 0 Å². The van der Waals surface area contributed by atoms with Crippen LogP contribution in [0.5, 0.6) is 0 Å². The molecule has 0 bridgehead atoms. The average molecular weight is 302 g/mol. The van der Waals surface area contributed by atoms with E-state index in [9.17, 15) is 13.2 Å². The maximum Gasteiger partial charge on any atom is 0.345 e. The highest BCUT2D eigenvalue weighted by molar-refractivity contribution is 7.93. The number of hydrogen-bond donors (Lipinski definition) is 2. The number of aromatic carboxylic acids is 1. The Kier molecular flexibility index (Phi) is 3.33. The molecule has 0 aliphatic heterocycles. The molecule has 0 atom stereocenters. The van der Waals surface area contributed by atoms with E-state index in [0.717, 1.165) is 17.4 Å². The van der Waals surface area contributed by atoms with Crippen LogP contribution in [0.1, 0.15) is 20.2 Å². The molecule has 102 valence electrons.